The van der Waals surface area contributed by atoms with E-state index in [2.05, 4.69) is 114 Å². The van der Waals surface area contributed by atoms with E-state index in [1.54, 1.807) is 0 Å². The van der Waals surface area contributed by atoms with E-state index in [1.165, 1.54) is 16.3 Å². The Morgan fingerprint density at radius 2 is 1.00 bits per heavy atom. The number of aromatic nitrogens is 3. The summed E-state index contributed by atoms with van der Waals surface area (Å²) in [5.41, 5.74) is 9.81. The molecule has 0 bridgehead atoms. The molecule has 0 atom stereocenters. The van der Waals surface area contributed by atoms with Crippen molar-refractivity contribution in [2.24, 2.45) is 0 Å². The maximum Gasteiger partial charge on any atom is 0.165 e. The third-order valence-electron chi connectivity index (χ3n) is 8.93. The molecule has 0 saturated carbocycles. The van der Waals surface area contributed by atoms with Gasteiger partial charge in [0.05, 0.1) is 22.1 Å². The fourth-order valence-corrected chi connectivity index (χ4v) is 7.01. The van der Waals surface area contributed by atoms with Gasteiger partial charge < -0.3 is 4.42 Å². The number of nitrogens with zero attached hydrogens (tertiary/aromatic N) is 3. The normalized spacial score (nSPS) is 12.1. The van der Waals surface area contributed by atoms with Gasteiger partial charge in [0.1, 0.15) is 16.9 Å². The largest absolute Gasteiger partial charge is 0.456 e. The molecule has 0 aliphatic carbocycles. The third-order valence-corrected chi connectivity index (χ3v) is 8.93. The Hall–Kier alpha value is -6.00. The SMILES string of the molecule is c1ccc(-c2cccc(-c3nc4ccccc4nc3-n3c4ccc5cccc6oc7cccc8ccc3c(c87)c4c56)c2)cc1. The van der Waals surface area contributed by atoms with Gasteiger partial charge in [-0.2, -0.15) is 0 Å². The van der Waals surface area contributed by atoms with Crippen molar-refractivity contribution in [2.45, 2.75) is 0 Å². The molecule has 0 aliphatic heterocycles. The molecule has 10 aromatic rings. The van der Waals surface area contributed by atoms with Gasteiger partial charge in [0.25, 0.3) is 0 Å². The summed E-state index contributed by atoms with van der Waals surface area (Å²) in [4.78, 5) is 10.7. The fourth-order valence-electron chi connectivity index (χ4n) is 7.01. The van der Waals surface area contributed by atoms with Crippen LogP contribution in [-0.4, -0.2) is 14.5 Å². The van der Waals surface area contributed by atoms with E-state index >= 15 is 0 Å². The van der Waals surface area contributed by atoms with Crippen molar-refractivity contribution in [3.05, 3.63) is 140 Å². The lowest BCUT2D eigenvalue weighted by Crippen LogP contribution is -2.04. The molecule has 0 radical (unpaired) electrons. The number of fused-ring (bicyclic) bond motifs is 1. The molecule has 3 heterocycles. The van der Waals surface area contributed by atoms with Crippen LogP contribution in [0.15, 0.2) is 144 Å². The molecule has 0 unspecified atom stereocenters. The first kappa shape index (κ1) is 23.6. The van der Waals surface area contributed by atoms with Crippen LogP contribution in [0.5, 0.6) is 0 Å². The molecule has 204 valence electrons. The Labute approximate surface area is 251 Å². The number of hydrogen-bond acceptors (Lipinski definition) is 3. The van der Waals surface area contributed by atoms with Gasteiger partial charge in [-0.1, -0.05) is 97.1 Å². The van der Waals surface area contributed by atoms with E-state index in [0.29, 0.717) is 0 Å². The maximum atomic E-state index is 6.63. The molecule has 7 aromatic carbocycles. The molecule has 4 heteroatoms. The average Bonchev–Trinajstić information content (AvgIpc) is 3.34. The van der Waals surface area contributed by atoms with Gasteiger partial charge in [0.15, 0.2) is 5.82 Å². The second kappa shape index (κ2) is 8.76. The Balaban J connectivity index is 1.39. The van der Waals surface area contributed by atoms with Crippen LogP contribution in [-0.2, 0) is 0 Å². The smallest absolute Gasteiger partial charge is 0.165 e. The van der Waals surface area contributed by atoms with Gasteiger partial charge in [-0.25, -0.2) is 9.97 Å². The predicted octanol–water partition coefficient (Wildman–Crippen LogP) is 10.6. The number of para-hydroxylation sites is 2. The Kier molecular flexibility index (Phi) is 4.69. The van der Waals surface area contributed by atoms with Gasteiger partial charge in [0.2, 0.25) is 0 Å². The van der Waals surface area contributed by atoms with Crippen molar-refractivity contribution < 1.29 is 4.42 Å². The quantitative estimate of drug-likeness (QED) is 0.215. The van der Waals surface area contributed by atoms with E-state index < -0.39 is 0 Å². The summed E-state index contributed by atoms with van der Waals surface area (Å²) in [6.45, 7) is 0. The van der Waals surface area contributed by atoms with Gasteiger partial charge in [-0.3, -0.25) is 4.57 Å². The van der Waals surface area contributed by atoms with Crippen molar-refractivity contribution in [1.82, 2.24) is 14.5 Å². The number of rotatable bonds is 3. The molecule has 0 saturated heterocycles. The standard InChI is InChI=1S/C40H23N3O/c1-2-9-24(10-3-1)27-13-6-14-28(23-27)39-40(42-30-16-5-4-15-29(30)41-39)43-31-21-19-25-11-7-17-33-35(25)37(31)38-32(43)22-20-26-12-8-18-34(44-33)36(26)38/h1-23H. The van der Waals surface area contributed by atoms with Crippen LogP contribution < -0.4 is 0 Å². The molecule has 3 aromatic heterocycles. The van der Waals surface area contributed by atoms with E-state index in [4.69, 9.17) is 14.4 Å². The van der Waals surface area contributed by atoms with E-state index in [0.717, 1.165) is 77.4 Å². The van der Waals surface area contributed by atoms with Crippen LogP contribution in [0.3, 0.4) is 0 Å². The molecule has 0 amide bonds. The summed E-state index contributed by atoms with van der Waals surface area (Å²) in [6.07, 6.45) is 0. The van der Waals surface area contributed by atoms with Crippen molar-refractivity contribution in [3.63, 3.8) is 0 Å². The highest BCUT2D eigenvalue weighted by atomic mass is 16.3. The minimum atomic E-state index is 0.809. The van der Waals surface area contributed by atoms with Crippen LogP contribution in [0.1, 0.15) is 0 Å². The first-order valence-electron chi connectivity index (χ1n) is 14.8. The van der Waals surface area contributed by atoms with Crippen molar-refractivity contribution in [2.75, 3.05) is 0 Å². The highest BCUT2D eigenvalue weighted by Crippen LogP contribution is 2.45. The summed E-state index contributed by atoms with van der Waals surface area (Å²) in [6, 6.07) is 48.7. The zero-order valence-corrected chi connectivity index (χ0v) is 23.5. The van der Waals surface area contributed by atoms with Crippen molar-refractivity contribution in [3.8, 4) is 28.2 Å². The van der Waals surface area contributed by atoms with Gasteiger partial charge >= 0.3 is 0 Å². The molecule has 0 spiro atoms. The van der Waals surface area contributed by atoms with Crippen LogP contribution in [0.4, 0.5) is 0 Å². The lowest BCUT2D eigenvalue weighted by atomic mass is 10.00. The second-order valence-corrected chi connectivity index (χ2v) is 11.4. The lowest BCUT2D eigenvalue weighted by molar-refractivity contribution is 0.664. The molecule has 4 nitrogen and oxygen atoms in total. The third kappa shape index (κ3) is 3.22. The van der Waals surface area contributed by atoms with Gasteiger partial charge in [-0.05, 0) is 64.4 Å². The Bertz CT molecular complexity index is 2610. The summed E-state index contributed by atoms with van der Waals surface area (Å²) in [7, 11) is 0. The minimum absolute atomic E-state index is 0.809. The van der Waals surface area contributed by atoms with Crippen LogP contribution >= 0.6 is 0 Å². The van der Waals surface area contributed by atoms with Crippen molar-refractivity contribution >= 4 is 65.6 Å². The van der Waals surface area contributed by atoms with Crippen LogP contribution in [0.2, 0.25) is 0 Å². The minimum Gasteiger partial charge on any atom is -0.456 e. The molecular weight excluding hydrogens is 538 g/mol. The summed E-state index contributed by atoms with van der Waals surface area (Å²) in [5.74, 6) is 0.809. The first-order chi connectivity index (χ1) is 21.8. The van der Waals surface area contributed by atoms with E-state index in [-0.39, 0.29) is 0 Å². The highest BCUT2D eigenvalue weighted by molar-refractivity contribution is 6.33. The predicted molar refractivity (Wildman–Crippen MR) is 181 cm³/mol. The van der Waals surface area contributed by atoms with Gasteiger partial charge in [-0.15, -0.1) is 0 Å². The molecule has 10 rings (SSSR count). The molecular formula is C40H23N3O. The number of benzene rings is 7. The highest BCUT2D eigenvalue weighted by Gasteiger charge is 2.24. The van der Waals surface area contributed by atoms with Crippen LogP contribution in [0.25, 0.3) is 93.8 Å². The van der Waals surface area contributed by atoms with E-state index in [1.807, 2.05) is 30.3 Å². The molecule has 0 fully saturated rings. The van der Waals surface area contributed by atoms with Crippen LogP contribution in [0, 0.1) is 0 Å². The summed E-state index contributed by atoms with van der Waals surface area (Å²) >= 11 is 0. The zero-order chi connectivity index (χ0) is 28.8. The molecule has 0 aliphatic rings. The number of hydrogen-bond donors (Lipinski definition) is 0. The first-order valence-corrected chi connectivity index (χ1v) is 14.8. The van der Waals surface area contributed by atoms with Gasteiger partial charge in [0, 0.05) is 27.1 Å². The second-order valence-electron chi connectivity index (χ2n) is 11.4. The summed E-state index contributed by atoms with van der Waals surface area (Å²) < 4.78 is 8.94. The monoisotopic (exact) mass is 561 g/mol. The fraction of sp³-hybridized carbons (Fsp3) is 0. The lowest BCUT2D eigenvalue weighted by Gasteiger charge is -2.15. The molecule has 0 N–H and O–H groups in total. The zero-order valence-electron chi connectivity index (χ0n) is 23.5. The van der Waals surface area contributed by atoms with E-state index in [9.17, 15) is 0 Å². The summed E-state index contributed by atoms with van der Waals surface area (Å²) in [5, 5.41) is 6.92. The van der Waals surface area contributed by atoms with Crippen molar-refractivity contribution in [1.29, 1.82) is 0 Å². The topological polar surface area (TPSA) is 43.9 Å². The molecule has 44 heavy (non-hydrogen) atoms. The Morgan fingerprint density at radius 1 is 0.432 bits per heavy atom. The average molecular weight is 562 g/mol. The maximum absolute atomic E-state index is 6.63. The Morgan fingerprint density at radius 3 is 1.68 bits per heavy atom.